The number of nitrogens with two attached hydrogens (primary N) is 1. The number of halogens is 1. The Balaban J connectivity index is 1.63. The van der Waals surface area contributed by atoms with E-state index in [2.05, 4.69) is 20.1 Å². The largest absolute Gasteiger partial charge is 0.372 e. The number of piperazine rings is 1. The lowest BCUT2D eigenvalue weighted by Crippen LogP contribution is -2.48. The third-order valence-electron chi connectivity index (χ3n) is 6.08. The summed E-state index contributed by atoms with van der Waals surface area (Å²) in [7, 11) is 3.78. The van der Waals surface area contributed by atoms with Crippen LogP contribution in [0.5, 0.6) is 0 Å². The molecule has 1 saturated heterocycles. The van der Waals surface area contributed by atoms with E-state index in [0.29, 0.717) is 6.54 Å². The normalized spacial score (nSPS) is 14.8. The summed E-state index contributed by atoms with van der Waals surface area (Å²) in [6, 6.07) is 10.4. The zero-order chi connectivity index (χ0) is 22.9. The van der Waals surface area contributed by atoms with Crippen LogP contribution in [0.25, 0.3) is 28.2 Å². The van der Waals surface area contributed by atoms with Gasteiger partial charge in [0.1, 0.15) is 23.1 Å². The second-order valence-electron chi connectivity index (χ2n) is 8.19. The smallest absolute Gasteiger partial charge is 0.156 e. The summed E-state index contributed by atoms with van der Waals surface area (Å²) in [6.07, 6.45) is 1.86. The molecule has 10 heteroatoms. The Bertz CT molecular complexity index is 1250. The van der Waals surface area contributed by atoms with Crippen LogP contribution in [0.3, 0.4) is 0 Å². The molecule has 0 amide bonds. The van der Waals surface area contributed by atoms with Gasteiger partial charge in [-0.15, -0.1) is 0 Å². The van der Waals surface area contributed by atoms with Crippen molar-refractivity contribution in [2.45, 2.75) is 0 Å². The molecule has 5 rings (SSSR count). The van der Waals surface area contributed by atoms with Crippen LogP contribution >= 0.6 is 0 Å². The van der Waals surface area contributed by atoms with Crippen molar-refractivity contribution in [3.05, 3.63) is 48.4 Å². The summed E-state index contributed by atoms with van der Waals surface area (Å²) < 4.78 is 17.3. The lowest BCUT2D eigenvalue weighted by atomic mass is 10.0. The van der Waals surface area contributed by atoms with Crippen molar-refractivity contribution >= 4 is 17.3 Å². The minimum atomic E-state index is -0.273. The number of benzene rings is 1. The van der Waals surface area contributed by atoms with Crippen molar-refractivity contribution in [2.75, 3.05) is 56.5 Å². The first kappa shape index (κ1) is 21.4. The maximum Gasteiger partial charge on any atom is 0.156 e. The van der Waals surface area contributed by atoms with Crippen molar-refractivity contribution in [2.24, 2.45) is 12.8 Å². The van der Waals surface area contributed by atoms with Crippen LogP contribution in [0.2, 0.25) is 0 Å². The minimum absolute atomic E-state index is 0.273. The molecule has 33 heavy (non-hydrogen) atoms. The van der Waals surface area contributed by atoms with Gasteiger partial charge in [0.15, 0.2) is 5.65 Å². The molecule has 0 spiro atoms. The van der Waals surface area contributed by atoms with Gasteiger partial charge < -0.3 is 16.0 Å². The van der Waals surface area contributed by atoms with Crippen LogP contribution in [0.1, 0.15) is 0 Å². The molecule has 1 fully saturated rings. The van der Waals surface area contributed by atoms with Crippen molar-refractivity contribution < 1.29 is 4.39 Å². The molecule has 4 heterocycles. The number of anilines is 2. The Morgan fingerprint density at radius 3 is 2.48 bits per heavy atom. The van der Waals surface area contributed by atoms with Crippen LogP contribution < -0.4 is 16.0 Å². The van der Waals surface area contributed by atoms with Gasteiger partial charge >= 0.3 is 0 Å². The topological polar surface area (TPSA) is 92.5 Å². The van der Waals surface area contributed by atoms with Crippen LogP contribution in [0, 0.1) is 5.82 Å². The molecule has 0 saturated carbocycles. The third-order valence-corrected chi connectivity index (χ3v) is 6.08. The first-order valence-electron chi connectivity index (χ1n) is 11.1. The molecule has 3 aromatic heterocycles. The molecule has 0 aliphatic carbocycles. The van der Waals surface area contributed by atoms with E-state index in [0.717, 1.165) is 72.5 Å². The Morgan fingerprint density at radius 1 is 1.03 bits per heavy atom. The van der Waals surface area contributed by atoms with Gasteiger partial charge in [0, 0.05) is 58.9 Å². The Labute approximate surface area is 191 Å². The van der Waals surface area contributed by atoms with E-state index in [4.69, 9.17) is 15.9 Å². The fourth-order valence-corrected chi connectivity index (χ4v) is 4.43. The Kier molecular flexibility index (Phi) is 5.69. The molecule has 0 unspecified atom stereocenters. The quantitative estimate of drug-likeness (QED) is 0.465. The van der Waals surface area contributed by atoms with Gasteiger partial charge in [-0.2, -0.15) is 10.2 Å². The summed E-state index contributed by atoms with van der Waals surface area (Å²) >= 11 is 0. The monoisotopic (exact) mass is 449 g/mol. The second kappa shape index (κ2) is 8.80. The summed E-state index contributed by atoms with van der Waals surface area (Å²) in [4.78, 5) is 9.23. The van der Waals surface area contributed by atoms with Crippen molar-refractivity contribution in [1.82, 2.24) is 29.3 Å². The number of hydrogen-bond acceptors (Lipinski definition) is 7. The van der Waals surface area contributed by atoms with E-state index >= 15 is 0 Å². The maximum atomic E-state index is 13.6. The van der Waals surface area contributed by atoms with Crippen molar-refractivity contribution in [3.8, 4) is 22.5 Å². The SMILES string of the molecule is CNc1cn2nc(-c3c(-c4ccc(F)cc4)nn(C)c3N3CCN(CCN)CC3)ccc2n1. The van der Waals surface area contributed by atoms with Gasteiger partial charge in [0.25, 0.3) is 0 Å². The van der Waals surface area contributed by atoms with Gasteiger partial charge in [-0.1, -0.05) is 0 Å². The second-order valence-corrected chi connectivity index (χ2v) is 8.19. The predicted octanol–water partition coefficient (Wildman–Crippen LogP) is 2.06. The molecule has 0 bridgehead atoms. The molecule has 9 nitrogen and oxygen atoms in total. The number of fused-ring (bicyclic) bond motifs is 1. The van der Waals surface area contributed by atoms with Crippen LogP contribution in [0.15, 0.2) is 42.6 Å². The van der Waals surface area contributed by atoms with Crippen LogP contribution in [-0.2, 0) is 7.05 Å². The summed E-state index contributed by atoms with van der Waals surface area (Å²) in [5.41, 5.74) is 9.84. The average Bonchev–Trinajstić information content (AvgIpc) is 3.40. The fourth-order valence-electron chi connectivity index (χ4n) is 4.43. The lowest BCUT2D eigenvalue weighted by molar-refractivity contribution is 0.263. The lowest BCUT2D eigenvalue weighted by Gasteiger charge is -2.36. The minimum Gasteiger partial charge on any atom is -0.372 e. The highest BCUT2D eigenvalue weighted by atomic mass is 19.1. The number of rotatable bonds is 6. The van der Waals surface area contributed by atoms with Crippen LogP contribution in [-0.4, -0.2) is 75.6 Å². The third kappa shape index (κ3) is 4.03. The van der Waals surface area contributed by atoms with Crippen molar-refractivity contribution in [3.63, 3.8) is 0 Å². The molecule has 1 aliphatic rings. The summed E-state index contributed by atoms with van der Waals surface area (Å²) in [6.45, 7) is 5.17. The van der Waals surface area contributed by atoms with Gasteiger partial charge in [0.05, 0.1) is 17.5 Å². The zero-order valence-electron chi connectivity index (χ0n) is 18.9. The fraction of sp³-hybridized carbons (Fsp3) is 0.348. The number of aryl methyl sites for hydroxylation is 1. The van der Waals surface area contributed by atoms with E-state index in [9.17, 15) is 4.39 Å². The molecule has 1 aromatic carbocycles. The summed E-state index contributed by atoms with van der Waals surface area (Å²) in [5.74, 6) is 1.48. The average molecular weight is 450 g/mol. The number of hydrogen-bond donors (Lipinski definition) is 2. The molecule has 0 radical (unpaired) electrons. The number of aromatic nitrogens is 5. The highest BCUT2D eigenvalue weighted by Gasteiger charge is 2.27. The summed E-state index contributed by atoms with van der Waals surface area (Å²) in [5, 5.41) is 12.8. The zero-order valence-corrected chi connectivity index (χ0v) is 18.9. The van der Waals surface area contributed by atoms with Gasteiger partial charge in [-0.05, 0) is 36.4 Å². The molecular formula is C23H28FN9. The molecule has 4 aromatic rings. The maximum absolute atomic E-state index is 13.6. The highest BCUT2D eigenvalue weighted by molar-refractivity contribution is 5.88. The molecular weight excluding hydrogens is 421 g/mol. The Morgan fingerprint density at radius 2 is 1.79 bits per heavy atom. The first-order valence-corrected chi connectivity index (χ1v) is 11.1. The van der Waals surface area contributed by atoms with Crippen LogP contribution in [0.4, 0.5) is 16.0 Å². The molecule has 172 valence electrons. The number of nitrogens with one attached hydrogen (secondary N) is 1. The molecule has 1 aliphatic heterocycles. The van der Waals surface area contributed by atoms with Gasteiger partial charge in [0.2, 0.25) is 0 Å². The van der Waals surface area contributed by atoms with E-state index in [1.54, 1.807) is 16.6 Å². The number of nitrogens with zero attached hydrogens (tertiary/aromatic N) is 7. The van der Waals surface area contributed by atoms with Crippen molar-refractivity contribution in [1.29, 1.82) is 0 Å². The highest BCUT2D eigenvalue weighted by Crippen LogP contribution is 2.39. The molecule has 0 atom stereocenters. The van der Waals surface area contributed by atoms with Gasteiger partial charge in [-0.25, -0.2) is 13.9 Å². The Hall–Kier alpha value is -3.50. The van der Waals surface area contributed by atoms with Gasteiger partial charge in [-0.3, -0.25) is 9.58 Å². The number of imidazole rings is 1. The first-order chi connectivity index (χ1) is 16.1. The van der Waals surface area contributed by atoms with E-state index in [1.807, 2.05) is 37.1 Å². The van der Waals surface area contributed by atoms with E-state index in [-0.39, 0.29) is 5.82 Å². The predicted molar refractivity (Wildman–Crippen MR) is 128 cm³/mol. The van der Waals surface area contributed by atoms with E-state index < -0.39 is 0 Å². The van der Waals surface area contributed by atoms with E-state index in [1.165, 1.54) is 12.1 Å². The molecule has 3 N–H and O–H groups in total. The standard InChI is InChI=1S/C23H28FN9/c1-26-19-15-33-20(27-19)8-7-18(28-33)21-22(16-3-5-17(24)6-4-16)29-30(2)23(21)32-13-11-31(10-9-25)12-14-32/h3-8,15,26H,9-14,25H2,1-2H3.